The number of rotatable bonds is 3. The van der Waals surface area contributed by atoms with E-state index in [-0.39, 0.29) is 0 Å². The highest BCUT2D eigenvalue weighted by Crippen LogP contribution is 1.69. The molecule has 0 unspecified atom stereocenters. The van der Waals surface area contributed by atoms with Crippen LogP contribution in [-0.4, -0.2) is 24.1 Å². The average Bonchev–Trinajstić information content (AvgIpc) is 1.72. The lowest BCUT2D eigenvalue weighted by Crippen LogP contribution is -2.17. The predicted molar refractivity (Wildman–Crippen MR) is 29.9 cm³/mol. The Morgan fingerprint density at radius 1 is 1.43 bits per heavy atom. The third-order valence-electron chi connectivity index (χ3n) is 0.697. The Hall–Kier alpha value is -0.860. The molecule has 0 rings (SSSR count). The maximum Gasteiger partial charge on any atom is 0.0868 e. The van der Waals surface area contributed by atoms with Crippen molar-refractivity contribution in [2.45, 2.75) is 6.92 Å². The lowest BCUT2D eigenvalue weighted by molar-refractivity contribution is 0.672. The SMILES string of the molecule is CCN(C=N)C=N. The Labute approximate surface area is 43.0 Å². The molecular weight excluding hydrogens is 90.1 g/mol. The van der Waals surface area contributed by atoms with Crippen molar-refractivity contribution < 1.29 is 0 Å². The normalized spacial score (nSPS) is 7.57. The van der Waals surface area contributed by atoms with Crippen LogP contribution in [0.25, 0.3) is 0 Å². The van der Waals surface area contributed by atoms with Gasteiger partial charge in [-0.3, -0.25) is 10.8 Å². The fraction of sp³-hybridized carbons (Fsp3) is 0.500. The largest absolute Gasteiger partial charge is 0.325 e. The molecule has 0 fully saturated rings. The molecule has 0 aromatic rings. The van der Waals surface area contributed by atoms with Crippen LogP contribution in [-0.2, 0) is 0 Å². The minimum absolute atomic E-state index is 0.701. The molecule has 0 amide bonds. The van der Waals surface area contributed by atoms with Gasteiger partial charge in [0.25, 0.3) is 0 Å². The highest BCUT2D eigenvalue weighted by molar-refractivity contribution is 5.71. The van der Waals surface area contributed by atoms with Gasteiger partial charge in [0, 0.05) is 6.54 Å². The van der Waals surface area contributed by atoms with E-state index in [9.17, 15) is 0 Å². The second-order valence-corrected chi connectivity index (χ2v) is 1.09. The Morgan fingerprint density at radius 2 is 1.86 bits per heavy atom. The van der Waals surface area contributed by atoms with Crippen LogP contribution in [0.3, 0.4) is 0 Å². The van der Waals surface area contributed by atoms with Gasteiger partial charge >= 0.3 is 0 Å². The summed E-state index contributed by atoms with van der Waals surface area (Å²) < 4.78 is 0. The number of nitrogens with one attached hydrogen (secondary N) is 2. The van der Waals surface area contributed by atoms with Crippen molar-refractivity contribution >= 4 is 12.7 Å². The summed E-state index contributed by atoms with van der Waals surface area (Å²) >= 11 is 0. The van der Waals surface area contributed by atoms with Crippen molar-refractivity contribution in [1.29, 1.82) is 10.8 Å². The second kappa shape index (κ2) is 3.33. The first-order valence-electron chi connectivity index (χ1n) is 2.12. The predicted octanol–water partition coefficient (Wildman–Crippen LogP) is 0.522. The molecule has 0 aliphatic heterocycles. The zero-order valence-corrected chi connectivity index (χ0v) is 4.31. The molecule has 0 aliphatic rings. The molecule has 0 atom stereocenters. The molecule has 3 heteroatoms. The Bertz CT molecular complexity index is 61.3. The molecule has 0 aromatic carbocycles. The summed E-state index contributed by atoms with van der Waals surface area (Å²) in [7, 11) is 0. The summed E-state index contributed by atoms with van der Waals surface area (Å²) in [5.41, 5.74) is 0. The molecule has 0 saturated carbocycles. The first kappa shape index (κ1) is 6.14. The van der Waals surface area contributed by atoms with E-state index >= 15 is 0 Å². The smallest absolute Gasteiger partial charge is 0.0868 e. The Kier molecular flexibility index (Phi) is 2.92. The third-order valence-corrected chi connectivity index (χ3v) is 0.697. The van der Waals surface area contributed by atoms with E-state index < -0.39 is 0 Å². The van der Waals surface area contributed by atoms with Crippen molar-refractivity contribution in [3.8, 4) is 0 Å². The van der Waals surface area contributed by atoms with Gasteiger partial charge in [0.15, 0.2) is 0 Å². The third kappa shape index (κ3) is 1.92. The van der Waals surface area contributed by atoms with Gasteiger partial charge < -0.3 is 4.90 Å². The minimum Gasteiger partial charge on any atom is -0.325 e. The molecule has 3 nitrogen and oxygen atoms in total. The monoisotopic (exact) mass is 99.1 g/mol. The minimum atomic E-state index is 0.701. The summed E-state index contributed by atoms with van der Waals surface area (Å²) in [6, 6.07) is 0. The van der Waals surface area contributed by atoms with E-state index in [0.717, 1.165) is 12.7 Å². The highest BCUT2D eigenvalue weighted by Gasteiger charge is 1.82. The Morgan fingerprint density at radius 3 is 1.86 bits per heavy atom. The molecule has 2 N–H and O–H groups in total. The van der Waals surface area contributed by atoms with E-state index in [1.165, 1.54) is 4.90 Å². The zero-order chi connectivity index (χ0) is 5.70. The van der Waals surface area contributed by atoms with Crippen LogP contribution >= 0.6 is 0 Å². The number of nitrogens with zero attached hydrogens (tertiary/aromatic N) is 1. The number of hydrogen-bond donors (Lipinski definition) is 2. The van der Waals surface area contributed by atoms with Crippen molar-refractivity contribution in [3.63, 3.8) is 0 Å². The van der Waals surface area contributed by atoms with Crippen molar-refractivity contribution in [1.82, 2.24) is 4.90 Å². The lowest BCUT2D eigenvalue weighted by atomic mass is 10.7. The van der Waals surface area contributed by atoms with Crippen molar-refractivity contribution in [2.75, 3.05) is 6.54 Å². The summed E-state index contributed by atoms with van der Waals surface area (Å²) in [4.78, 5) is 1.46. The maximum absolute atomic E-state index is 6.61. The molecule has 7 heavy (non-hydrogen) atoms. The van der Waals surface area contributed by atoms with Gasteiger partial charge in [-0.1, -0.05) is 0 Å². The van der Waals surface area contributed by atoms with Crippen molar-refractivity contribution in [3.05, 3.63) is 0 Å². The average molecular weight is 99.1 g/mol. The standard InChI is InChI=1S/C4H9N3/c1-2-7(3-5)4-6/h3-6H,2H2,1H3. The Balaban J connectivity index is 3.36. The molecule has 0 spiro atoms. The van der Waals surface area contributed by atoms with Gasteiger partial charge in [0.1, 0.15) is 0 Å². The highest BCUT2D eigenvalue weighted by atomic mass is 15.1. The lowest BCUT2D eigenvalue weighted by Gasteiger charge is -2.04. The van der Waals surface area contributed by atoms with Gasteiger partial charge in [-0.05, 0) is 6.92 Å². The topological polar surface area (TPSA) is 50.9 Å². The van der Waals surface area contributed by atoms with E-state index in [1.54, 1.807) is 0 Å². The van der Waals surface area contributed by atoms with Crippen LogP contribution in [0, 0.1) is 10.8 Å². The molecule has 0 aliphatic carbocycles. The van der Waals surface area contributed by atoms with Crippen LogP contribution in [0.4, 0.5) is 0 Å². The summed E-state index contributed by atoms with van der Waals surface area (Å²) in [5.74, 6) is 0. The molecule has 0 heterocycles. The van der Waals surface area contributed by atoms with Crippen LogP contribution < -0.4 is 0 Å². The molecule has 0 radical (unpaired) electrons. The van der Waals surface area contributed by atoms with Gasteiger partial charge in [-0.25, -0.2) is 0 Å². The van der Waals surface area contributed by atoms with Gasteiger partial charge in [-0.15, -0.1) is 0 Å². The van der Waals surface area contributed by atoms with Crippen LogP contribution in [0.15, 0.2) is 0 Å². The molecule has 0 aromatic heterocycles. The summed E-state index contributed by atoms with van der Waals surface area (Å²) in [5, 5.41) is 13.2. The first-order chi connectivity index (χ1) is 3.35. The second-order valence-electron chi connectivity index (χ2n) is 1.09. The molecule has 40 valence electrons. The fourth-order valence-electron chi connectivity index (χ4n) is 0.220. The maximum atomic E-state index is 6.61. The fourth-order valence-corrected chi connectivity index (χ4v) is 0.220. The number of hydrogen-bond acceptors (Lipinski definition) is 2. The van der Waals surface area contributed by atoms with Gasteiger partial charge in [0.2, 0.25) is 0 Å². The van der Waals surface area contributed by atoms with Crippen LogP contribution in [0.2, 0.25) is 0 Å². The summed E-state index contributed by atoms with van der Waals surface area (Å²) in [6.45, 7) is 2.59. The van der Waals surface area contributed by atoms with Crippen molar-refractivity contribution in [2.24, 2.45) is 0 Å². The molecule has 0 bridgehead atoms. The quantitative estimate of drug-likeness (QED) is 0.393. The van der Waals surface area contributed by atoms with Crippen LogP contribution in [0.1, 0.15) is 6.92 Å². The van der Waals surface area contributed by atoms with Crippen LogP contribution in [0.5, 0.6) is 0 Å². The molecular formula is C4H9N3. The summed E-state index contributed by atoms with van der Waals surface area (Å²) in [6.07, 6.45) is 2.24. The van der Waals surface area contributed by atoms with Gasteiger partial charge in [-0.2, -0.15) is 0 Å². The van der Waals surface area contributed by atoms with E-state index in [4.69, 9.17) is 10.8 Å². The zero-order valence-electron chi connectivity index (χ0n) is 4.31. The van der Waals surface area contributed by atoms with E-state index in [1.807, 2.05) is 6.92 Å². The molecule has 0 saturated heterocycles. The van der Waals surface area contributed by atoms with E-state index in [0.29, 0.717) is 6.54 Å². The van der Waals surface area contributed by atoms with E-state index in [2.05, 4.69) is 0 Å². The first-order valence-corrected chi connectivity index (χ1v) is 2.12. The van der Waals surface area contributed by atoms with Gasteiger partial charge in [0.05, 0.1) is 12.7 Å².